The van der Waals surface area contributed by atoms with Gasteiger partial charge in [-0.1, -0.05) is 0 Å². The highest BCUT2D eigenvalue weighted by Crippen LogP contribution is 2.19. The summed E-state index contributed by atoms with van der Waals surface area (Å²) < 4.78 is 0. The maximum Gasteiger partial charge on any atom is 0.198 e. The van der Waals surface area contributed by atoms with Crippen LogP contribution in [0.25, 0.3) is 21.8 Å². The zero-order valence-electron chi connectivity index (χ0n) is 7.18. The summed E-state index contributed by atoms with van der Waals surface area (Å²) in [5.41, 5.74) is 1.73. The molecule has 0 amide bonds. The van der Waals surface area contributed by atoms with Gasteiger partial charge in [0, 0.05) is 23.2 Å². The number of benzene rings is 1. The second-order valence-corrected chi connectivity index (χ2v) is 2.93. The van der Waals surface area contributed by atoms with Crippen molar-refractivity contribution in [2.45, 2.75) is 0 Å². The van der Waals surface area contributed by atoms with E-state index in [0.717, 1.165) is 21.8 Å². The van der Waals surface area contributed by atoms with E-state index >= 15 is 0 Å². The molecule has 0 bridgehead atoms. The summed E-state index contributed by atoms with van der Waals surface area (Å²) in [6.07, 6.45) is 7.59. The lowest BCUT2D eigenvalue weighted by Crippen LogP contribution is -1.86. The van der Waals surface area contributed by atoms with E-state index in [2.05, 4.69) is 26.3 Å². The summed E-state index contributed by atoms with van der Waals surface area (Å²) in [7, 11) is 0. The van der Waals surface area contributed by atoms with E-state index in [4.69, 9.17) is 0 Å². The first-order chi connectivity index (χ1) is 6.95. The third kappa shape index (κ3) is 0.939. The van der Waals surface area contributed by atoms with Crippen LogP contribution in [-0.2, 0) is 0 Å². The Kier molecular flexibility index (Phi) is 1.41. The van der Waals surface area contributed by atoms with Gasteiger partial charge in [-0.25, -0.2) is 19.9 Å². The maximum atomic E-state index is 4.15. The average molecular weight is 181 g/mol. The summed E-state index contributed by atoms with van der Waals surface area (Å²) in [5, 5.41) is 1.91. The first-order valence-electron chi connectivity index (χ1n) is 4.17. The van der Waals surface area contributed by atoms with Gasteiger partial charge in [-0.3, -0.25) is 0 Å². The zero-order chi connectivity index (χ0) is 9.38. The molecular formula is C10H5N4. The number of hydrogen-bond acceptors (Lipinski definition) is 4. The number of rotatable bonds is 0. The van der Waals surface area contributed by atoms with Crippen LogP contribution in [0.3, 0.4) is 0 Å². The smallest absolute Gasteiger partial charge is 0.198 e. The van der Waals surface area contributed by atoms with Crippen LogP contribution in [0.4, 0.5) is 0 Å². The Balaban J connectivity index is 2.61. The van der Waals surface area contributed by atoms with E-state index in [1.165, 1.54) is 6.33 Å². The number of hydrogen-bond donors (Lipinski definition) is 0. The Hall–Kier alpha value is -2.10. The molecule has 0 fully saturated rings. The van der Waals surface area contributed by atoms with Crippen molar-refractivity contribution in [1.82, 2.24) is 19.9 Å². The van der Waals surface area contributed by atoms with Crippen LogP contribution >= 0.6 is 0 Å². The quantitative estimate of drug-likeness (QED) is 0.491. The lowest BCUT2D eigenvalue weighted by atomic mass is 10.2. The monoisotopic (exact) mass is 181 g/mol. The van der Waals surface area contributed by atoms with Crippen LogP contribution in [-0.4, -0.2) is 19.9 Å². The second kappa shape index (κ2) is 2.70. The van der Waals surface area contributed by atoms with E-state index in [9.17, 15) is 0 Å². The van der Waals surface area contributed by atoms with E-state index in [1.54, 1.807) is 12.4 Å². The molecule has 1 aromatic carbocycles. The Morgan fingerprint density at radius 3 is 3.14 bits per heavy atom. The number of nitrogens with zero attached hydrogens (tertiary/aromatic N) is 4. The topological polar surface area (TPSA) is 51.6 Å². The standard InChI is InChI=1S/C10H5N4/c1-2-9-8(4-12-5-13-9)10-7(1)3-11-6-14-10/h1-5H. The van der Waals surface area contributed by atoms with Gasteiger partial charge in [0.05, 0.1) is 11.0 Å². The maximum absolute atomic E-state index is 4.15. The molecule has 65 valence electrons. The predicted molar refractivity (Wildman–Crippen MR) is 51.5 cm³/mol. The number of aromatic nitrogens is 4. The highest BCUT2D eigenvalue weighted by molar-refractivity contribution is 6.02. The van der Waals surface area contributed by atoms with E-state index in [0.29, 0.717) is 0 Å². The highest BCUT2D eigenvalue weighted by Gasteiger charge is 2.01. The lowest BCUT2D eigenvalue weighted by Gasteiger charge is -1.99. The normalized spacial score (nSPS) is 10.9. The molecule has 0 unspecified atom stereocenters. The lowest BCUT2D eigenvalue weighted by molar-refractivity contribution is 1.19. The molecule has 0 N–H and O–H groups in total. The van der Waals surface area contributed by atoms with Crippen molar-refractivity contribution >= 4 is 21.8 Å². The fourth-order valence-electron chi connectivity index (χ4n) is 1.46. The fraction of sp³-hybridized carbons (Fsp3) is 0. The van der Waals surface area contributed by atoms with Gasteiger partial charge < -0.3 is 0 Å². The fourth-order valence-corrected chi connectivity index (χ4v) is 1.46. The van der Waals surface area contributed by atoms with Crippen LogP contribution in [0.5, 0.6) is 0 Å². The molecule has 4 heteroatoms. The van der Waals surface area contributed by atoms with Gasteiger partial charge in [0.2, 0.25) is 0 Å². The molecule has 0 saturated carbocycles. The summed E-state index contributed by atoms with van der Waals surface area (Å²) in [6.45, 7) is 0. The van der Waals surface area contributed by atoms with Crippen LogP contribution in [0.1, 0.15) is 0 Å². The Bertz CT molecular complexity index is 551. The van der Waals surface area contributed by atoms with E-state index < -0.39 is 0 Å². The van der Waals surface area contributed by atoms with Crippen molar-refractivity contribution in [2.75, 3.05) is 0 Å². The minimum Gasteiger partial charge on any atom is -0.244 e. The van der Waals surface area contributed by atoms with Crippen LogP contribution < -0.4 is 0 Å². The molecule has 0 spiro atoms. The first kappa shape index (κ1) is 7.32. The largest absolute Gasteiger partial charge is 0.244 e. The molecule has 2 aromatic heterocycles. The van der Waals surface area contributed by atoms with Crippen molar-refractivity contribution in [1.29, 1.82) is 0 Å². The molecular weight excluding hydrogens is 176 g/mol. The van der Waals surface area contributed by atoms with E-state index in [-0.39, 0.29) is 0 Å². The zero-order valence-corrected chi connectivity index (χ0v) is 7.18. The molecule has 0 aliphatic rings. The minimum absolute atomic E-state index is 0.845. The van der Waals surface area contributed by atoms with E-state index in [1.807, 2.05) is 12.1 Å². The van der Waals surface area contributed by atoms with Gasteiger partial charge in [0.1, 0.15) is 6.33 Å². The second-order valence-electron chi connectivity index (χ2n) is 2.93. The third-order valence-corrected chi connectivity index (χ3v) is 2.12. The van der Waals surface area contributed by atoms with Crippen molar-refractivity contribution < 1.29 is 0 Å². The van der Waals surface area contributed by atoms with Crippen LogP contribution in [0.15, 0.2) is 30.9 Å². The molecule has 3 rings (SSSR count). The highest BCUT2D eigenvalue weighted by atomic mass is 14.8. The van der Waals surface area contributed by atoms with Gasteiger partial charge in [-0.2, -0.15) is 0 Å². The Labute approximate surface area is 79.7 Å². The predicted octanol–water partition coefficient (Wildman–Crippen LogP) is 1.37. The average Bonchev–Trinajstić information content (AvgIpc) is 2.29. The Morgan fingerprint density at radius 2 is 2.14 bits per heavy atom. The summed E-state index contributed by atoms with van der Waals surface area (Å²) in [6, 6.07) is 3.88. The van der Waals surface area contributed by atoms with Gasteiger partial charge >= 0.3 is 0 Å². The molecule has 0 atom stereocenters. The minimum atomic E-state index is 0.845. The molecule has 14 heavy (non-hydrogen) atoms. The summed E-state index contributed by atoms with van der Waals surface area (Å²) in [4.78, 5) is 16.1. The molecule has 2 heterocycles. The molecule has 4 nitrogen and oxygen atoms in total. The molecule has 1 radical (unpaired) electrons. The first-order valence-corrected chi connectivity index (χ1v) is 4.17. The van der Waals surface area contributed by atoms with Gasteiger partial charge in [-0.15, -0.1) is 0 Å². The SMILES string of the molecule is [c]1ncc2ccc3ncncc3c2n1. The van der Waals surface area contributed by atoms with Crippen molar-refractivity contribution in [3.05, 3.63) is 37.2 Å². The van der Waals surface area contributed by atoms with Gasteiger partial charge in [-0.05, 0) is 12.1 Å². The van der Waals surface area contributed by atoms with Crippen molar-refractivity contribution in [2.24, 2.45) is 0 Å². The van der Waals surface area contributed by atoms with Crippen molar-refractivity contribution in [3.63, 3.8) is 0 Å². The summed E-state index contributed by atoms with van der Waals surface area (Å²) in [5.74, 6) is 0. The summed E-state index contributed by atoms with van der Waals surface area (Å²) >= 11 is 0. The molecule has 0 saturated heterocycles. The molecule has 0 aliphatic heterocycles. The van der Waals surface area contributed by atoms with Crippen LogP contribution in [0.2, 0.25) is 0 Å². The third-order valence-electron chi connectivity index (χ3n) is 2.12. The van der Waals surface area contributed by atoms with Gasteiger partial charge in [0.15, 0.2) is 6.33 Å². The Morgan fingerprint density at radius 1 is 1.14 bits per heavy atom. The van der Waals surface area contributed by atoms with Gasteiger partial charge in [0.25, 0.3) is 0 Å². The molecule has 3 aromatic rings. The number of fused-ring (bicyclic) bond motifs is 3. The van der Waals surface area contributed by atoms with Crippen LogP contribution in [0, 0.1) is 6.33 Å². The molecule has 0 aliphatic carbocycles. The van der Waals surface area contributed by atoms with Crippen molar-refractivity contribution in [3.8, 4) is 0 Å².